The second-order valence-corrected chi connectivity index (χ2v) is 10.7. The minimum absolute atomic E-state index is 0.0213. The van der Waals surface area contributed by atoms with Crippen LogP contribution in [0, 0.1) is 28.8 Å². The Balaban J connectivity index is 1.60. The molecule has 216 valence electrons. The highest BCUT2D eigenvalue weighted by molar-refractivity contribution is 7.80. The number of aromatic nitrogens is 3. The third-order valence-corrected chi connectivity index (χ3v) is 8.10. The molecule has 0 aliphatic carbocycles. The summed E-state index contributed by atoms with van der Waals surface area (Å²) in [4.78, 5) is 0. The smallest absolute Gasteiger partial charge is 0.194 e. The van der Waals surface area contributed by atoms with Crippen molar-refractivity contribution in [3.05, 3.63) is 106 Å². The molecule has 2 unspecified atom stereocenters. The van der Waals surface area contributed by atoms with Crippen LogP contribution in [0.1, 0.15) is 23.0 Å². The van der Waals surface area contributed by atoms with E-state index in [0.717, 1.165) is 17.7 Å². The van der Waals surface area contributed by atoms with Crippen LogP contribution in [0.25, 0.3) is 11.3 Å². The lowest BCUT2D eigenvalue weighted by atomic mass is 9.73. The Labute approximate surface area is 248 Å². The van der Waals surface area contributed by atoms with Crippen LogP contribution < -0.4 is 0 Å². The largest absolute Gasteiger partial charge is 0.375 e. The summed E-state index contributed by atoms with van der Waals surface area (Å²) in [5.41, 5.74) is -1.14. The number of thiol groups is 1. The molecule has 6 rings (SSSR count). The molecule has 2 fully saturated rings. The second kappa shape index (κ2) is 11.3. The molecular formula is C29H22ClF3N4O4S. The number of hydrogen-bond donors (Lipinski definition) is 1. The maximum absolute atomic E-state index is 14.2. The van der Waals surface area contributed by atoms with Gasteiger partial charge < -0.3 is 18.9 Å². The molecule has 13 heteroatoms. The molecule has 2 aliphatic heterocycles. The number of rotatable bonds is 5. The number of hydrogen-bond acceptors (Lipinski definition) is 8. The first-order valence-electron chi connectivity index (χ1n) is 12.7. The molecule has 0 N–H and O–H groups in total. The number of ether oxygens (including phenoxy) is 4. The van der Waals surface area contributed by atoms with Gasteiger partial charge in [0.25, 0.3) is 0 Å². The van der Waals surface area contributed by atoms with Crippen molar-refractivity contribution in [1.29, 1.82) is 5.26 Å². The first-order chi connectivity index (χ1) is 20.3. The summed E-state index contributed by atoms with van der Waals surface area (Å²) in [5, 5.41) is 19.0. The van der Waals surface area contributed by atoms with Gasteiger partial charge in [0.2, 0.25) is 0 Å². The van der Waals surface area contributed by atoms with Crippen molar-refractivity contribution in [2.75, 3.05) is 13.7 Å². The van der Waals surface area contributed by atoms with Gasteiger partial charge in [-0.25, -0.2) is 17.9 Å². The number of methoxy groups -OCH3 is 1. The van der Waals surface area contributed by atoms with Gasteiger partial charge in [-0.15, -0.1) is 17.7 Å². The van der Waals surface area contributed by atoms with Gasteiger partial charge in [0, 0.05) is 28.8 Å². The number of benzene rings is 3. The fourth-order valence-corrected chi connectivity index (χ4v) is 6.33. The normalized spacial score (nSPS) is 27.3. The molecule has 42 heavy (non-hydrogen) atoms. The van der Waals surface area contributed by atoms with Crippen LogP contribution in [0.3, 0.4) is 0 Å². The van der Waals surface area contributed by atoms with Gasteiger partial charge >= 0.3 is 0 Å². The van der Waals surface area contributed by atoms with Crippen LogP contribution >= 0.6 is 24.2 Å². The van der Waals surface area contributed by atoms with E-state index in [9.17, 15) is 18.4 Å². The Kier molecular flexibility index (Phi) is 7.74. The Bertz CT molecular complexity index is 1650. The molecule has 6 atom stereocenters. The highest BCUT2D eigenvalue weighted by Crippen LogP contribution is 2.50. The standard InChI is InChI=1S/C29H22ClF3N4O4S/c1-38-26-28(42)40-23-14-39-27(15-5-3-2-4-6-15)41-25(23)29(26,19-11-18(30)8-7-16(19)12-34)37-13-22(35-36-37)17-9-20(31)24(33)21(32)10-17/h2-11,13,23,25-28,42H,14H2,1H3/t23-,25+,26+,27?,28-,29?/m1/s1. The van der Waals surface area contributed by atoms with E-state index in [-0.39, 0.29) is 23.4 Å². The van der Waals surface area contributed by atoms with E-state index in [4.69, 9.17) is 30.5 Å². The van der Waals surface area contributed by atoms with Crippen molar-refractivity contribution in [2.24, 2.45) is 0 Å². The van der Waals surface area contributed by atoms with Gasteiger partial charge in [-0.3, -0.25) is 0 Å². The maximum atomic E-state index is 14.2. The molecule has 0 radical (unpaired) electrons. The highest BCUT2D eigenvalue weighted by Gasteiger charge is 2.63. The summed E-state index contributed by atoms with van der Waals surface area (Å²) in [5.74, 6) is -4.37. The van der Waals surface area contributed by atoms with Crippen LogP contribution in [0.5, 0.6) is 0 Å². The minimum Gasteiger partial charge on any atom is -0.375 e. The Morgan fingerprint density at radius 2 is 1.83 bits per heavy atom. The first-order valence-corrected chi connectivity index (χ1v) is 13.6. The molecule has 2 saturated heterocycles. The lowest BCUT2D eigenvalue weighted by molar-refractivity contribution is -0.323. The third kappa shape index (κ3) is 4.66. The maximum Gasteiger partial charge on any atom is 0.194 e. The molecule has 0 bridgehead atoms. The van der Waals surface area contributed by atoms with Crippen molar-refractivity contribution in [3.8, 4) is 17.3 Å². The van der Waals surface area contributed by atoms with E-state index < -0.39 is 53.0 Å². The molecule has 3 aromatic carbocycles. The summed E-state index contributed by atoms with van der Waals surface area (Å²) in [6, 6.07) is 17.8. The summed E-state index contributed by atoms with van der Waals surface area (Å²) in [6.45, 7) is 0.0812. The van der Waals surface area contributed by atoms with Crippen LogP contribution in [0.4, 0.5) is 13.2 Å². The van der Waals surface area contributed by atoms with Crippen LogP contribution in [-0.4, -0.2) is 52.5 Å². The van der Waals surface area contributed by atoms with E-state index >= 15 is 0 Å². The summed E-state index contributed by atoms with van der Waals surface area (Å²) >= 11 is 11.2. The average Bonchev–Trinajstić information content (AvgIpc) is 3.50. The minimum atomic E-state index is -1.60. The van der Waals surface area contributed by atoms with E-state index in [1.54, 1.807) is 18.2 Å². The quantitative estimate of drug-likeness (QED) is 0.237. The molecule has 0 amide bonds. The van der Waals surface area contributed by atoms with Crippen LogP contribution in [0.15, 0.2) is 66.9 Å². The summed E-state index contributed by atoms with van der Waals surface area (Å²) < 4.78 is 68.3. The van der Waals surface area contributed by atoms with Gasteiger partial charge in [0.15, 0.2) is 23.7 Å². The molecule has 4 aromatic rings. The van der Waals surface area contributed by atoms with Gasteiger partial charge in [0.1, 0.15) is 35.0 Å². The topological polar surface area (TPSA) is 91.4 Å². The molecular weight excluding hydrogens is 593 g/mol. The average molecular weight is 615 g/mol. The first kappa shape index (κ1) is 28.7. The van der Waals surface area contributed by atoms with E-state index in [1.807, 2.05) is 30.3 Å². The van der Waals surface area contributed by atoms with Crippen molar-refractivity contribution >= 4 is 24.2 Å². The van der Waals surface area contributed by atoms with E-state index in [1.165, 1.54) is 18.0 Å². The van der Waals surface area contributed by atoms with Crippen LogP contribution in [0.2, 0.25) is 5.02 Å². The molecule has 0 spiro atoms. The van der Waals surface area contributed by atoms with E-state index in [2.05, 4.69) is 29.0 Å². The second-order valence-electron chi connectivity index (χ2n) is 9.78. The molecule has 0 saturated carbocycles. The molecule has 3 heterocycles. The number of halogens is 4. The van der Waals surface area contributed by atoms with E-state index in [0.29, 0.717) is 10.6 Å². The Morgan fingerprint density at radius 1 is 1.10 bits per heavy atom. The van der Waals surface area contributed by atoms with Crippen molar-refractivity contribution < 1.29 is 32.1 Å². The van der Waals surface area contributed by atoms with Gasteiger partial charge in [-0.2, -0.15) is 5.26 Å². The number of nitriles is 1. The summed E-state index contributed by atoms with van der Waals surface area (Å²) in [7, 11) is 1.44. The van der Waals surface area contributed by atoms with Crippen molar-refractivity contribution in [3.63, 3.8) is 0 Å². The van der Waals surface area contributed by atoms with Gasteiger partial charge in [-0.05, 0) is 30.3 Å². The SMILES string of the molecule is CO[C@H]1[C@@H](S)O[C@@H]2COC(c3ccccc3)O[C@@H]2C1(c1cc(Cl)ccc1C#N)n1cc(-c2cc(F)c(F)c(F)c2)nn1. The third-order valence-electron chi connectivity index (χ3n) is 7.47. The number of nitrogens with zero attached hydrogens (tertiary/aromatic N) is 4. The van der Waals surface area contributed by atoms with Gasteiger partial charge in [0.05, 0.1) is 24.4 Å². The summed E-state index contributed by atoms with van der Waals surface area (Å²) in [6.07, 6.45) is -2.07. The Hall–Kier alpha value is -3.44. The Morgan fingerprint density at radius 3 is 2.52 bits per heavy atom. The van der Waals surface area contributed by atoms with Gasteiger partial charge in [-0.1, -0.05) is 47.1 Å². The fourth-order valence-electron chi connectivity index (χ4n) is 5.65. The fraction of sp³-hybridized carbons (Fsp3) is 0.276. The lowest BCUT2D eigenvalue weighted by Gasteiger charge is -2.55. The molecule has 1 aromatic heterocycles. The van der Waals surface area contributed by atoms with Crippen molar-refractivity contribution in [2.45, 2.75) is 35.6 Å². The predicted molar refractivity (Wildman–Crippen MR) is 147 cm³/mol. The lowest BCUT2D eigenvalue weighted by Crippen LogP contribution is -2.70. The molecule has 8 nitrogen and oxygen atoms in total. The monoisotopic (exact) mass is 614 g/mol. The predicted octanol–water partition coefficient (Wildman–Crippen LogP) is 5.41. The van der Waals surface area contributed by atoms with Crippen molar-refractivity contribution in [1.82, 2.24) is 15.0 Å². The zero-order valence-corrected chi connectivity index (χ0v) is 23.5. The zero-order valence-electron chi connectivity index (χ0n) is 21.8. The number of fused-ring (bicyclic) bond motifs is 1. The zero-order chi connectivity index (χ0) is 29.6. The molecule has 2 aliphatic rings. The van der Waals surface area contributed by atoms with Crippen LogP contribution in [-0.2, 0) is 24.5 Å². The highest BCUT2D eigenvalue weighted by atomic mass is 35.5.